The Balaban J connectivity index is 2.48. The van der Waals surface area contributed by atoms with Gasteiger partial charge < -0.3 is 9.47 Å². The molecule has 0 fully saturated rings. The maximum Gasteiger partial charge on any atom is 0.175 e. The first-order chi connectivity index (χ1) is 6.33. The smallest absolute Gasteiger partial charge is 0.175 e. The molecule has 0 atom stereocenters. The van der Waals surface area contributed by atoms with E-state index >= 15 is 0 Å². The highest BCUT2D eigenvalue weighted by Gasteiger charge is 2.16. The van der Waals surface area contributed by atoms with Gasteiger partial charge in [0.2, 0.25) is 0 Å². The Morgan fingerprint density at radius 1 is 1.31 bits per heavy atom. The van der Waals surface area contributed by atoms with E-state index in [1.54, 1.807) is 0 Å². The van der Waals surface area contributed by atoms with Crippen LogP contribution in [0.2, 0.25) is 0 Å². The van der Waals surface area contributed by atoms with Crippen molar-refractivity contribution >= 4 is 27.5 Å². The van der Waals surface area contributed by atoms with E-state index in [4.69, 9.17) is 21.1 Å². The van der Waals surface area contributed by atoms with Crippen LogP contribution in [-0.4, -0.2) is 13.2 Å². The third-order valence-electron chi connectivity index (χ3n) is 1.87. The molecular formula is C9H8BrClO2. The van der Waals surface area contributed by atoms with Gasteiger partial charge in [0.1, 0.15) is 13.2 Å². The monoisotopic (exact) mass is 262 g/mol. The van der Waals surface area contributed by atoms with Crippen molar-refractivity contribution in [2.45, 2.75) is 5.88 Å². The fraction of sp³-hybridized carbons (Fsp3) is 0.333. The van der Waals surface area contributed by atoms with E-state index in [1.165, 1.54) is 0 Å². The van der Waals surface area contributed by atoms with Crippen molar-refractivity contribution in [3.05, 3.63) is 22.2 Å². The molecule has 0 aromatic heterocycles. The Morgan fingerprint density at radius 2 is 2.08 bits per heavy atom. The molecule has 1 aromatic rings. The highest BCUT2D eigenvalue weighted by Crippen LogP contribution is 2.39. The molecule has 70 valence electrons. The van der Waals surface area contributed by atoms with E-state index in [0.29, 0.717) is 19.1 Å². The lowest BCUT2D eigenvalue weighted by molar-refractivity contribution is 0.170. The molecule has 0 unspecified atom stereocenters. The number of alkyl halides is 1. The number of hydrogen-bond acceptors (Lipinski definition) is 2. The molecule has 1 aliphatic rings. The average Bonchev–Trinajstić information content (AvgIpc) is 2.19. The van der Waals surface area contributed by atoms with Crippen molar-refractivity contribution in [1.29, 1.82) is 0 Å². The van der Waals surface area contributed by atoms with Gasteiger partial charge in [0.05, 0.1) is 4.47 Å². The van der Waals surface area contributed by atoms with Crippen LogP contribution in [0.25, 0.3) is 0 Å². The molecule has 0 aliphatic carbocycles. The molecule has 1 aliphatic heterocycles. The van der Waals surface area contributed by atoms with Crippen LogP contribution in [0.1, 0.15) is 5.56 Å². The zero-order valence-electron chi connectivity index (χ0n) is 6.85. The van der Waals surface area contributed by atoms with Crippen LogP contribution < -0.4 is 9.47 Å². The lowest BCUT2D eigenvalue weighted by Gasteiger charge is -2.20. The highest BCUT2D eigenvalue weighted by atomic mass is 79.9. The SMILES string of the molecule is ClCc1ccc2c(c1Br)OCCO2. The van der Waals surface area contributed by atoms with Crippen LogP contribution in [0.4, 0.5) is 0 Å². The third-order valence-corrected chi connectivity index (χ3v) is 3.03. The van der Waals surface area contributed by atoms with Crippen molar-refractivity contribution in [1.82, 2.24) is 0 Å². The van der Waals surface area contributed by atoms with Crippen LogP contribution in [0.3, 0.4) is 0 Å². The molecule has 0 saturated carbocycles. The second kappa shape index (κ2) is 3.76. The van der Waals surface area contributed by atoms with Gasteiger partial charge in [0.15, 0.2) is 11.5 Å². The number of rotatable bonds is 1. The normalized spacial score (nSPS) is 14.3. The third kappa shape index (κ3) is 1.63. The van der Waals surface area contributed by atoms with Gasteiger partial charge in [-0.25, -0.2) is 0 Å². The summed E-state index contributed by atoms with van der Waals surface area (Å²) in [6, 6.07) is 3.82. The molecule has 0 N–H and O–H groups in total. The molecule has 4 heteroatoms. The van der Waals surface area contributed by atoms with Gasteiger partial charge >= 0.3 is 0 Å². The van der Waals surface area contributed by atoms with Crippen molar-refractivity contribution < 1.29 is 9.47 Å². The van der Waals surface area contributed by atoms with Gasteiger partial charge in [-0.1, -0.05) is 6.07 Å². The van der Waals surface area contributed by atoms with Gasteiger partial charge in [-0.15, -0.1) is 11.6 Å². The van der Waals surface area contributed by atoms with Crippen LogP contribution in [0.5, 0.6) is 11.5 Å². The Kier molecular flexibility index (Phi) is 2.65. The first-order valence-corrected chi connectivity index (χ1v) is 5.28. The minimum absolute atomic E-state index is 0.469. The van der Waals surface area contributed by atoms with Gasteiger partial charge in [0.25, 0.3) is 0 Å². The first kappa shape index (κ1) is 9.16. The first-order valence-electron chi connectivity index (χ1n) is 3.96. The fourth-order valence-corrected chi connectivity index (χ4v) is 2.19. The molecule has 1 heterocycles. The lowest BCUT2D eigenvalue weighted by Crippen LogP contribution is -2.15. The highest BCUT2D eigenvalue weighted by molar-refractivity contribution is 9.10. The molecule has 0 spiro atoms. The summed E-state index contributed by atoms with van der Waals surface area (Å²) in [5.41, 5.74) is 1.02. The second-order valence-corrected chi connectivity index (χ2v) is 3.76. The zero-order chi connectivity index (χ0) is 9.26. The van der Waals surface area contributed by atoms with Crippen LogP contribution in [-0.2, 0) is 5.88 Å². The van der Waals surface area contributed by atoms with Gasteiger partial charge in [-0.05, 0) is 27.6 Å². The van der Waals surface area contributed by atoms with Gasteiger partial charge in [-0.2, -0.15) is 0 Å². The van der Waals surface area contributed by atoms with Crippen molar-refractivity contribution in [2.24, 2.45) is 0 Å². The van der Waals surface area contributed by atoms with E-state index in [-0.39, 0.29) is 0 Å². The Hall–Kier alpha value is -0.410. The van der Waals surface area contributed by atoms with Crippen LogP contribution in [0.15, 0.2) is 16.6 Å². The van der Waals surface area contributed by atoms with E-state index in [1.807, 2.05) is 12.1 Å². The van der Waals surface area contributed by atoms with Gasteiger partial charge in [0, 0.05) is 5.88 Å². The topological polar surface area (TPSA) is 18.5 Å². The predicted octanol–water partition coefficient (Wildman–Crippen LogP) is 2.96. The summed E-state index contributed by atoms with van der Waals surface area (Å²) in [5, 5.41) is 0. The number of ether oxygens (including phenoxy) is 2. The summed E-state index contributed by atoms with van der Waals surface area (Å²) in [4.78, 5) is 0. The van der Waals surface area contributed by atoms with E-state index in [2.05, 4.69) is 15.9 Å². The number of halogens is 2. The minimum atomic E-state index is 0.469. The van der Waals surface area contributed by atoms with E-state index < -0.39 is 0 Å². The molecule has 2 nitrogen and oxygen atoms in total. The summed E-state index contributed by atoms with van der Waals surface area (Å²) in [5.74, 6) is 2.02. The molecule has 0 saturated heterocycles. The predicted molar refractivity (Wildman–Crippen MR) is 54.7 cm³/mol. The minimum Gasteiger partial charge on any atom is -0.486 e. The van der Waals surface area contributed by atoms with E-state index in [0.717, 1.165) is 21.5 Å². The summed E-state index contributed by atoms with van der Waals surface area (Å²) in [6.07, 6.45) is 0. The lowest BCUT2D eigenvalue weighted by atomic mass is 10.2. The average molecular weight is 264 g/mol. The molecule has 0 radical (unpaired) electrons. The summed E-state index contributed by atoms with van der Waals surface area (Å²) in [6.45, 7) is 1.21. The molecule has 2 rings (SSSR count). The second-order valence-electron chi connectivity index (χ2n) is 2.70. The quantitative estimate of drug-likeness (QED) is 0.725. The number of fused-ring (bicyclic) bond motifs is 1. The maximum atomic E-state index is 5.75. The largest absolute Gasteiger partial charge is 0.486 e. The summed E-state index contributed by atoms with van der Waals surface area (Å²) < 4.78 is 11.8. The molecule has 0 bridgehead atoms. The standard InChI is InChI=1S/C9H8BrClO2/c10-8-6(5-11)1-2-7-9(8)13-4-3-12-7/h1-2H,3-5H2. The summed E-state index contributed by atoms with van der Waals surface area (Å²) >= 11 is 9.19. The van der Waals surface area contributed by atoms with Crippen molar-refractivity contribution in [2.75, 3.05) is 13.2 Å². The van der Waals surface area contributed by atoms with Gasteiger partial charge in [-0.3, -0.25) is 0 Å². The molecule has 0 amide bonds. The van der Waals surface area contributed by atoms with E-state index in [9.17, 15) is 0 Å². The number of hydrogen-bond donors (Lipinski definition) is 0. The zero-order valence-corrected chi connectivity index (χ0v) is 9.19. The molecular weight excluding hydrogens is 255 g/mol. The fourth-order valence-electron chi connectivity index (χ4n) is 1.23. The van der Waals surface area contributed by atoms with Crippen LogP contribution >= 0.6 is 27.5 Å². The van der Waals surface area contributed by atoms with Crippen molar-refractivity contribution in [3.8, 4) is 11.5 Å². The Morgan fingerprint density at radius 3 is 2.85 bits per heavy atom. The molecule has 13 heavy (non-hydrogen) atoms. The van der Waals surface area contributed by atoms with Crippen LogP contribution in [0, 0.1) is 0 Å². The molecule has 1 aromatic carbocycles. The summed E-state index contributed by atoms with van der Waals surface area (Å²) in [7, 11) is 0. The Bertz CT molecular complexity index is 328. The maximum absolute atomic E-state index is 5.75. The van der Waals surface area contributed by atoms with Crippen molar-refractivity contribution in [3.63, 3.8) is 0 Å². The number of benzene rings is 1. The Labute approximate surface area is 89.9 Å².